The van der Waals surface area contributed by atoms with Crippen molar-refractivity contribution < 1.29 is 19.4 Å². The number of rotatable bonds is 9. The SMILES string of the molecule is CCC(C(=O)O)N(C)C(=O)NCCCCCOC. The van der Waals surface area contributed by atoms with Crippen LogP contribution in [0.3, 0.4) is 0 Å². The van der Waals surface area contributed by atoms with Gasteiger partial charge in [-0.25, -0.2) is 9.59 Å². The first-order valence-electron chi connectivity index (χ1n) is 6.27. The molecule has 0 heterocycles. The number of methoxy groups -OCH3 is 1. The maximum absolute atomic E-state index is 11.7. The number of unbranched alkanes of at least 4 members (excludes halogenated alkanes) is 2. The van der Waals surface area contributed by atoms with Crippen LogP contribution in [0, 0.1) is 0 Å². The summed E-state index contributed by atoms with van der Waals surface area (Å²) in [5.41, 5.74) is 0. The average Bonchev–Trinajstić information content (AvgIpc) is 2.33. The molecule has 0 aromatic carbocycles. The number of nitrogens with one attached hydrogen (secondary N) is 1. The Morgan fingerprint density at radius 3 is 2.50 bits per heavy atom. The Morgan fingerprint density at radius 1 is 1.33 bits per heavy atom. The molecule has 0 radical (unpaired) electrons. The van der Waals surface area contributed by atoms with Crippen LogP contribution < -0.4 is 5.32 Å². The molecule has 0 spiro atoms. The van der Waals surface area contributed by atoms with Crippen molar-refractivity contribution in [2.45, 2.75) is 38.6 Å². The first-order valence-corrected chi connectivity index (χ1v) is 6.27. The molecule has 2 N–H and O–H groups in total. The Kier molecular flexibility index (Phi) is 9.00. The van der Waals surface area contributed by atoms with E-state index in [0.29, 0.717) is 13.0 Å². The van der Waals surface area contributed by atoms with Crippen LogP contribution in [0.5, 0.6) is 0 Å². The van der Waals surface area contributed by atoms with Crippen molar-refractivity contribution in [3.05, 3.63) is 0 Å². The molecule has 0 aliphatic carbocycles. The fourth-order valence-corrected chi connectivity index (χ4v) is 1.62. The maximum Gasteiger partial charge on any atom is 0.326 e. The molecule has 0 fully saturated rings. The monoisotopic (exact) mass is 260 g/mol. The van der Waals surface area contributed by atoms with Gasteiger partial charge in [0.1, 0.15) is 6.04 Å². The van der Waals surface area contributed by atoms with Gasteiger partial charge in [0.05, 0.1) is 0 Å². The number of carboxylic acids is 1. The van der Waals surface area contributed by atoms with E-state index < -0.39 is 12.0 Å². The lowest BCUT2D eigenvalue weighted by Gasteiger charge is -2.23. The van der Waals surface area contributed by atoms with E-state index in [1.54, 1.807) is 14.0 Å². The second kappa shape index (κ2) is 9.70. The number of likely N-dealkylation sites (N-methyl/N-ethyl adjacent to an activating group) is 1. The Balaban J connectivity index is 3.83. The summed E-state index contributed by atoms with van der Waals surface area (Å²) in [5, 5.41) is 11.6. The highest BCUT2D eigenvalue weighted by atomic mass is 16.5. The van der Waals surface area contributed by atoms with Gasteiger partial charge in [-0.1, -0.05) is 6.92 Å². The minimum absolute atomic E-state index is 0.337. The second-order valence-electron chi connectivity index (χ2n) is 4.16. The van der Waals surface area contributed by atoms with Crippen LogP contribution in [-0.4, -0.2) is 55.4 Å². The lowest BCUT2D eigenvalue weighted by molar-refractivity contribution is -0.141. The van der Waals surface area contributed by atoms with Gasteiger partial charge in [0.2, 0.25) is 0 Å². The van der Waals surface area contributed by atoms with Gasteiger partial charge in [0.15, 0.2) is 0 Å². The van der Waals surface area contributed by atoms with Gasteiger partial charge in [0.25, 0.3) is 0 Å². The normalized spacial score (nSPS) is 11.9. The zero-order valence-electron chi connectivity index (χ0n) is 11.4. The van der Waals surface area contributed by atoms with Gasteiger partial charge in [-0.2, -0.15) is 0 Å². The van der Waals surface area contributed by atoms with E-state index in [1.807, 2.05) is 0 Å². The van der Waals surface area contributed by atoms with Crippen molar-refractivity contribution in [2.75, 3.05) is 27.3 Å². The van der Waals surface area contributed by atoms with Gasteiger partial charge in [-0.15, -0.1) is 0 Å². The smallest absolute Gasteiger partial charge is 0.326 e. The van der Waals surface area contributed by atoms with E-state index in [9.17, 15) is 9.59 Å². The summed E-state index contributed by atoms with van der Waals surface area (Å²) in [6.07, 6.45) is 3.21. The summed E-state index contributed by atoms with van der Waals surface area (Å²) in [5.74, 6) is -0.977. The number of urea groups is 1. The summed E-state index contributed by atoms with van der Waals surface area (Å²) in [7, 11) is 3.16. The van der Waals surface area contributed by atoms with E-state index in [0.717, 1.165) is 25.9 Å². The van der Waals surface area contributed by atoms with Crippen LogP contribution in [0.1, 0.15) is 32.6 Å². The Morgan fingerprint density at radius 2 is 2.00 bits per heavy atom. The van der Waals surface area contributed by atoms with Crippen molar-refractivity contribution in [2.24, 2.45) is 0 Å². The van der Waals surface area contributed by atoms with Gasteiger partial charge >= 0.3 is 12.0 Å². The van der Waals surface area contributed by atoms with E-state index in [-0.39, 0.29) is 6.03 Å². The predicted molar refractivity (Wildman–Crippen MR) is 68.6 cm³/mol. The molecule has 6 heteroatoms. The van der Waals surface area contributed by atoms with Crippen molar-refractivity contribution in [3.63, 3.8) is 0 Å². The molecule has 1 atom stereocenters. The molecule has 0 saturated carbocycles. The molecular weight excluding hydrogens is 236 g/mol. The summed E-state index contributed by atoms with van der Waals surface area (Å²) >= 11 is 0. The first kappa shape index (κ1) is 16.7. The number of carboxylic acid groups (broad SMARTS) is 1. The highest BCUT2D eigenvalue weighted by Crippen LogP contribution is 2.02. The fourth-order valence-electron chi connectivity index (χ4n) is 1.62. The standard InChI is InChI=1S/C12H24N2O4/c1-4-10(11(15)16)14(2)12(17)13-8-6-5-7-9-18-3/h10H,4-9H2,1-3H3,(H,13,17)(H,15,16). The molecule has 0 aliphatic rings. The van der Waals surface area contributed by atoms with Crippen molar-refractivity contribution in [1.82, 2.24) is 10.2 Å². The third kappa shape index (κ3) is 6.44. The second-order valence-corrected chi connectivity index (χ2v) is 4.16. The number of amides is 2. The maximum atomic E-state index is 11.7. The van der Waals surface area contributed by atoms with E-state index >= 15 is 0 Å². The number of carbonyl (C=O) groups is 2. The third-order valence-electron chi connectivity index (χ3n) is 2.76. The highest BCUT2D eigenvalue weighted by molar-refractivity contribution is 5.82. The zero-order chi connectivity index (χ0) is 14.0. The van der Waals surface area contributed by atoms with E-state index in [4.69, 9.17) is 9.84 Å². The number of ether oxygens (including phenoxy) is 1. The Bertz CT molecular complexity index is 258. The number of hydrogen-bond donors (Lipinski definition) is 2. The minimum Gasteiger partial charge on any atom is -0.480 e. The molecular formula is C12H24N2O4. The largest absolute Gasteiger partial charge is 0.480 e. The summed E-state index contributed by atoms with van der Waals surface area (Å²) in [6.45, 7) is 3.03. The van der Waals surface area contributed by atoms with Gasteiger partial charge in [0, 0.05) is 27.3 Å². The van der Waals surface area contributed by atoms with Crippen LogP contribution in [0.4, 0.5) is 4.79 Å². The van der Waals surface area contributed by atoms with Gasteiger partial charge < -0.3 is 20.1 Å². The molecule has 0 bridgehead atoms. The average molecular weight is 260 g/mol. The van der Waals surface area contributed by atoms with Crippen LogP contribution in [-0.2, 0) is 9.53 Å². The minimum atomic E-state index is -0.977. The Hall–Kier alpha value is -1.30. The first-order chi connectivity index (χ1) is 8.54. The summed E-state index contributed by atoms with van der Waals surface area (Å²) in [6, 6.07) is -1.10. The molecule has 106 valence electrons. The number of aliphatic carboxylic acids is 1. The van der Waals surface area contributed by atoms with Crippen molar-refractivity contribution in [1.29, 1.82) is 0 Å². The number of carbonyl (C=O) groups excluding carboxylic acids is 1. The topological polar surface area (TPSA) is 78.9 Å². The van der Waals surface area contributed by atoms with Crippen LogP contribution >= 0.6 is 0 Å². The van der Waals surface area contributed by atoms with Gasteiger partial charge in [-0.05, 0) is 25.7 Å². The number of nitrogens with zero attached hydrogens (tertiary/aromatic N) is 1. The van der Waals surface area contributed by atoms with Crippen LogP contribution in [0.25, 0.3) is 0 Å². The molecule has 6 nitrogen and oxygen atoms in total. The molecule has 0 aromatic heterocycles. The number of hydrogen-bond acceptors (Lipinski definition) is 3. The van der Waals surface area contributed by atoms with Crippen molar-refractivity contribution in [3.8, 4) is 0 Å². The quantitative estimate of drug-likeness (QED) is 0.613. The molecule has 0 aliphatic heterocycles. The highest BCUT2D eigenvalue weighted by Gasteiger charge is 2.24. The summed E-state index contributed by atoms with van der Waals surface area (Å²) < 4.78 is 4.92. The third-order valence-corrected chi connectivity index (χ3v) is 2.76. The molecule has 0 saturated heterocycles. The molecule has 0 rings (SSSR count). The Labute approximate surface area is 108 Å². The van der Waals surface area contributed by atoms with E-state index in [2.05, 4.69) is 5.32 Å². The zero-order valence-corrected chi connectivity index (χ0v) is 11.4. The lowest BCUT2D eigenvalue weighted by Crippen LogP contribution is -2.47. The van der Waals surface area contributed by atoms with Crippen LogP contribution in [0.2, 0.25) is 0 Å². The fraction of sp³-hybridized carbons (Fsp3) is 0.833. The van der Waals surface area contributed by atoms with Crippen molar-refractivity contribution >= 4 is 12.0 Å². The van der Waals surface area contributed by atoms with Gasteiger partial charge in [-0.3, -0.25) is 0 Å². The molecule has 18 heavy (non-hydrogen) atoms. The molecule has 1 unspecified atom stereocenters. The predicted octanol–water partition coefficient (Wildman–Crippen LogP) is 1.31. The molecule has 2 amide bonds. The lowest BCUT2D eigenvalue weighted by atomic mass is 10.2. The summed E-state index contributed by atoms with van der Waals surface area (Å²) in [4.78, 5) is 23.8. The van der Waals surface area contributed by atoms with Crippen LogP contribution in [0.15, 0.2) is 0 Å². The molecule has 0 aromatic rings. The van der Waals surface area contributed by atoms with E-state index in [1.165, 1.54) is 11.9 Å².